The molecule has 1 heterocycles. The third-order valence-electron chi connectivity index (χ3n) is 5.32. The summed E-state index contributed by atoms with van der Waals surface area (Å²) >= 11 is 0. The second-order valence-electron chi connectivity index (χ2n) is 8.62. The molecule has 1 aromatic heterocycles. The van der Waals surface area contributed by atoms with E-state index in [0.29, 0.717) is 5.69 Å². The summed E-state index contributed by atoms with van der Waals surface area (Å²) in [7, 11) is 0. The molecule has 2 rings (SSSR count). The molecule has 0 bridgehead atoms. The first-order valence-electron chi connectivity index (χ1n) is 11.1. The summed E-state index contributed by atoms with van der Waals surface area (Å²) in [5.41, 5.74) is 7.31. The van der Waals surface area contributed by atoms with Gasteiger partial charge >= 0.3 is 5.97 Å². The highest BCUT2D eigenvalue weighted by molar-refractivity contribution is 5.94. The molecule has 4 unspecified atom stereocenters. The molecule has 3 amide bonds. The number of phenolic OH excluding ortho intramolecular Hbond substituents is 1. The summed E-state index contributed by atoms with van der Waals surface area (Å²) in [5.74, 6) is -3.34. The lowest BCUT2D eigenvalue weighted by Gasteiger charge is -2.26. The normalized spacial score (nSPS) is 14.4. The lowest BCUT2D eigenvalue weighted by atomic mass is 10.0. The summed E-state index contributed by atoms with van der Waals surface area (Å²) in [4.78, 5) is 56.4. The van der Waals surface area contributed by atoms with Gasteiger partial charge in [-0.2, -0.15) is 0 Å². The molecule has 190 valence electrons. The van der Waals surface area contributed by atoms with Crippen molar-refractivity contribution in [1.29, 1.82) is 0 Å². The zero-order valence-electron chi connectivity index (χ0n) is 19.8. The predicted octanol–water partition coefficient (Wildman–Crippen LogP) is -0.557. The quantitative estimate of drug-likeness (QED) is 0.206. The van der Waals surface area contributed by atoms with Crippen molar-refractivity contribution in [2.45, 2.75) is 57.8 Å². The number of aromatic nitrogens is 2. The lowest BCUT2D eigenvalue weighted by Crippen LogP contribution is -2.58. The SMILES string of the molecule is CC(NC(=O)C(Cc1cnc[nH]1)NC(=O)C(NC(=O)C(N)Cc1ccc(O)cc1)C(C)C)C(=O)O. The summed E-state index contributed by atoms with van der Waals surface area (Å²) in [5, 5.41) is 26.1. The van der Waals surface area contributed by atoms with Gasteiger partial charge in [-0.25, -0.2) is 4.98 Å². The van der Waals surface area contributed by atoms with Crippen LogP contribution in [0.4, 0.5) is 0 Å². The third kappa shape index (κ3) is 8.41. The molecular formula is C23H32N6O6. The standard InChI is InChI=1S/C23H32N6O6/c1-12(2)19(29-20(31)17(24)8-14-4-6-16(30)7-5-14)22(33)28-18(9-15-10-25-11-26-15)21(32)27-13(3)23(34)35/h4-7,10-13,17-19,30H,8-9,24H2,1-3H3,(H,25,26)(H,27,32)(H,28,33)(H,29,31)(H,34,35). The Balaban J connectivity index is 2.09. The first-order valence-corrected chi connectivity index (χ1v) is 11.1. The van der Waals surface area contributed by atoms with Crippen LogP contribution in [0.2, 0.25) is 0 Å². The molecule has 0 saturated carbocycles. The Morgan fingerprint density at radius 3 is 2.17 bits per heavy atom. The number of amides is 3. The number of phenols is 1. The topological polar surface area (TPSA) is 200 Å². The van der Waals surface area contributed by atoms with E-state index in [0.717, 1.165) is 5.56 Å². The second kappa shape index (κ2) is 12.5. The number of carboxylic acid groups (broad SMARTS) is 1. The van der Waals surface area contributed by atoms with Gasteiger partial charge in [-0.15, -0.1) is 0 Å². The summed E-state index contributed by atoms with van der Waals surface area (Å²) in [6.45, 7) is 4.76. The van der Waals surface area contributed by atoms with Crippen LogP contribution in [0.3, 0.4) is 0 Å². The van der Waals surface area contributed by atoms with E-state index in [-0.39, 0.29) is 24.5 Å². The van der Waals surface area contributed by atoms with Crippen molar-refractivity contribution >= 4 is 23.7 Å². The minimum atomic E-state index is -1.22. The van der Waals surface area contributed by atoms with Gasteiger partial charge < -0.3 is 36.9 Å². The molecule has 1 aromatic carbocycles. The number of aromatic amines is 1. The average Bonchev–Trinajstić information content (AvgIpc) is 3.31. The van der Waals surface area contributed by atoms with E-state index in [4.69, 9.17) is 10.8 Å². The monoisotopic (exact) mass is 488 g/mol. The summed E-state index contributed by atoms with van der Waals surface area (Å²) in [6, 6.07) is 2.03. The Kier molecular flexibility index (Phi) is 9.76. The van der Waals surface area contributed by atoms with Crippen molar-refractivity contribution in [2.75, 3.05) is 0 Å². The number of nitrogens with zero attached hydrogens (tertiary/aromatic N) is 1. The van der Waals surface area contributed by atoms with Crippen LogP contribution in [0.5, 0.6) is 5.75 Å². The van der Waals surface area contributed by atoms with Crippen molar-refractivity contribution in [2.24, 2.45) is 11.7 Å². The number of carboxylic acids is 1. The molecular weight excluding hydrogens is 456 g/mol. The molecule has 12 nitrogen and oxygen atoms in total. The van der Waals surface area contributed by atoms with Gasteiger partial charge in [0.15, 0.2) is 0 Å². The maximum Gasteiger partial charge on any atom is 0.325 e. The molecule has 0 aliphatic heterocycles. The molecule has 0 aliphatic rings. The van der Waals surface area contributed by atoms with Crippen LogP contribution in [0.25, 0.3) is 0 Å². The van der Waals surface area contributed by atoms with Gasteiger partial charge in [0.25, 0.3) is 0 Å². The molecule has 0 saturated heterocycles. The van der Waals surface area contributed by atoms with Crippen LogP contribution >= 0.6 is 0 Å². The van der Waals surface area contributed by atoms with Crippen LogP contribution in [-0.4, -0.2) is 68.0 Å². The van der Waals surface area contributed by atoms with Gasteiger partial charge in [-0.05, 0) is 37.0 Å². The number of nitrogens with two attached hydrogens (primary N) is 1. The number of carbonyl (C=O) groups excluding carboxylic acids is 3. The highest BCUT2D eigenvalue weighted by atomic mass is 16.4. The van der Waals surface area contributed by atoms with Crippen LogP contribution in [0.15, 0.2) is 36.8 Å². The molecule has 8 N–H and O–H groups in total. The minimum Gasteiger partial charge on any atom is -0.508 e. The van der Waals surface area contributed by atoms with Crippen LogP contribution < -0.4 is 21.7 Å². The van der Waals surface area contributed by atoms with E-state index in [1.165, 1.54) is 31.6 Å². The van der Waals surface area contributed by atoms with Crippen molar-refractivity contribution in [3.63, 3.8) is 0 Å². The van der Waals surface area contributed by atoms with Gasteiger partial charge in [0.2, 0.25) is 17.7 Å². The molecule has 12 heteroatoms. The number of carbonyl (C=O) groups is 4. The summed E-state index contributed by atoms with van der Waals surface area (Å²) in [6.07, 6.45) is 3.12. The number of aliphatic carboxylic acids is 1. The number of hydrogen-bond acceptors (Lipinski definition) is 7. The number of H-pyrrole nitrogens is 1. The Hall–Kier alpha value is -3.93. The van der Waals surface area contributed by atoms with Crippen LogP contribution in [0, 0.1) is 5.92 Å². The first kappa shape index (κ1) is 27.3. The van der Waals surface area contributed by atoms with E-state index in [9.17, 15) is 24.3 Å². The number of aromatic hydroxyl groups is 1. The van der Waals surface area contributed by atoms with Gasteiger partial charge in [-0.1, -0.05) is 26.0 Å². The number of imidazole rings is 1. The van der Waals surface area contributed by atoms with E-state index in [1.807, 2.05) is 0 Å². The zero-order valence-corrected chi connectivity index (χ0v) is 19.8. The van der Waals surface area contributed by atoms with Crippen LogP contribution in [-0.2, 0) is 32.0 Å². The van der Waals surface area contributed by atoms with Gasteiger partial charge in [-0.3, -0.25) is 19.2 Å². The third-order valence-corrected chi connectivity index (χ3v) is 5.32. The average molecular weight is 489 g/mol. The molecule has 4 atom stereocenters. The molecule has 0 spiro atoms. The van der Waals surface area contributed by atoms with E-state index < -0.39 is 47.9 Å². The maximum absolute atomic E-state index is 13.1. The maximum atomic E-state index is 13.1. The Morgan fingerprint density at radius 1 is 0.971 bits per heavy atom. The highest BCUT2D eigenvalue weighted by Crippen LogP contribution is 2.11. The van der Waals surface area contributed by atoms with Gasteiger partial charge in [0, 0.05) is 18.3 Å². The predicted molar refractivity (Wildman–Crippen MR) is 126 cm³/mol. The van der Waals surface area contributed by atoms with Crippen molar-refractivity contribution in [1.82, 2.24) is 25.9 Å². The van der Waals surface area contributed by atoms with Crippen molar-refractivity contribution in [3.05, 3.63) is 48.0 Å². The van der Waals surface area contributed by atoms with Crippen molar-refractivity contribution in [3.8, 4) is 5.75 Å². The Morgan fingerprint density at radius 2 is 1.63 bits per heavy atom. The number of hydrogen-bond donors (Lipinski definition) is 7. The number of nitrogens with one attached hydrogen (secondary N) is 4. The number of rotatable bonds is 12. The second-order valence-corrected chi connectivity index (χ2v) is 8.62. The molecule has 0 aliphatic carbocycles. The minimum absolute atomic E-state index is 0.0308. The lowest BCUT2D eigenvalue weighted by molar-refractivity contribution is -0.141. The molecule has 0 fully saturated rings. The molecule has 2 aromatic rings. The zero-order chi connectivity index (χ0) is 26.1. The fourth-order valence-electron chi connectivity index (χ4n) is 3.24. The fraction of sp³-hybridized carbons (Fsp3) is 0.435. The van der Waals surface area contributed by atoms with Crippen molar-refractivity contribution < 1.29 is 29.4 Å². The highest BCUT2D eigenvalue weighted by Gasteiger charge is 2.31. The van der Waals surface area contributed by atoms with E-state index in [1.54, 1.807) is 26.0 Å². The molecule has 35 heavy (non-hydrogen) atoms. The smallest absolute Gasteiger partial charge is 0.325 e. The number of benzene rings is 1. The fourth-order valence-corrected chi connectivity index (χ4v) is 3.24. The van der Waals surface area contributed by atoms with Gasteiger partial charge in [0.1, 0.15) is 23.9 Å². The largest absolute Gasteiger partial charge is 0.508 e. The Bertz CT molecular complexity index is 1010. The van der Waals surface area contributed by atoms with E-state index >= 15 is 0 Å². The van der Waals surface area contributed by atoms with Crippen LogP contribution in [0.1, 0.15) is 32.0 Å². The first-order chi connectivity index (χ1) is 16.5. The summed E-state index contributed by atoms with van der Waals surface area (Å²) < 4.78 is 0. The van der Waals surface area contributed by atoms with Gasteiger partial charge in [0.05, 0.1) is 12.4 Å². The Labute approximate surface area is 202 Å². The molecule has 0 radical (unpaired) electrons. The van der Waals surface area contributed by atoms with E-state index in [2.05, 4.69) is 25.9 Å².